The molecule has 0 unspecified atom stereocenters. The van der Waals surface area contributed by atoms with Gasteiger partial charge in [0, 0.05) is 12.7 Å². The van der Waals surface area contributed by atoms with E-state index in [1.54, 1.807) is 13.2 Å². The molecule has 0 amide bonds. The molecule has 13 heavy (non-hydrogen) atoms. The Balaban J connectivity index is 2.37. The van der Waals surface area contributed by atoms with Gasteiger partial charge < -0.3 is 14.2 Å². The van der Waals surface area contributed by atoms with E-state index in [9.17, 15) is 0 Å². The third kappa shape index (κ3) is 1.52. The molecule has 3 heteroatoms. The van der Waals surface area contributed by atoms with E-state index in [0.717, 1.165) is 17.1 Å². The van der Waals surface area contributed by atoms with E-state index in [2.05, 4.69) is 5.73 Å². The normalized spacial score (nSPS) is 19.0. The third-order valence-corrected chi connectivity index (χ3v) is 1.82. The minimum atomic E-state index is 0.288. The van der Waals surface area contributed by atoms with Crippen LogP contribution in [0.2, 0.25) is 0 Å². The van der Waals surface area contributed by atoms with Gasteiger partial charge in [-0.05, 0) is 18.2 Å². The predicted octanol–water partition coefficient (Wildman–Crippen LogP) is 1.50. The molecule has 0 aromatic heterocycles. The highest BCUT2D eigenvalue weighted by molar-refractivity contribution is 5.39. The fourth-order valence-corrected chi connectivity index (χ4v) is 1.26. The summed E-state index contributed by atoms with van der Waals surface area (Å²) in [4.78, 5) is 0. The lowest BCUT2D eigenvalue weighted by molar-refractivity contribution is 0.0961. The number of hydrogen-bond acceptors (Lipinski definition) is 3. The highest BCUT2D eigenvalue weighted by Gasteiger charge is 2.20. The maximum Gasteiger partial charge on any atom is 0.231 e. The van der Waals surface area contributed by atoms with Gasteiger partial charge in [-0.15, -0.1) is 5.73 Å². The zero-order valence-electron chi connectivity index (χ0n) is 7.37. The molecule has 3 nitrogen and oxygen atoms in total. The van der Waals surface area contributed by atoms with Crippen molar-refractivity contribution < 1.29 is 14.2 Å². The molecule has 0 N–H and O–H groups in total. The van der Waals surface area contributed by atoms with E-state index >= 15 is 0 Å². The highest BCUT2D eigenvalue weighted by atomic mass is 16.7. The first-order valence-electron chi connectivity index (χ1n) is 4.02. The molecule has 0 atom stereocenters. The second kappa shape index (κ2) is 3.52. The van der Waals surface area contributed by atoms with Crippen molar-refractivity contribution in [2.45, 2.75) is 0 Å². The highest BCUT2D eigenvalue weighted by Crippen LogP contribution is 2.26. The SMILES string of the molecule is COCC1=C2OCOC2=CC=C=C1. The van der Waals surface area contributed by atoms with Crippen molar-refractivity contribution in [2.75, 3.05) is 20.5 Å². The molecule has 0 aromatic rings. The molecule has 0 saturated carbocycles. The fraction of sp³-hybridized carbons (Fsp3) is 0.300. The first kappa shape index (κ1) is 8.17. The van der Waals surface area contributed by atoms with Gasteiger partial charge >= 0.3 is 0 Å². The van der Waals surface area contributed by atoms with Crippen LogP contribution < -0.4 is 0 Å². The Morgan fingerprint density at radius 1 is 1.54 bits per heavy atom. The molecule has 1 aliphatic carbocycles. The summed E-state index contributed by atoms with van der Waals surface area (Å²) in [6.07, 6.45) is 5.48. The molecule has 2 rings (SSSR count). The quantitative estimate of drug-likeness (QED) is 0.600. The van der Waals surface area contributed by atoms with Gasteiger partial charge in [0.05, 0.1) is 6.61 Å². The number of rotatable bonds is 2. The molecule has 1 heterocycles. The van der Waals surface area contributed by atoms with Crippen LogP contribution >= 0.6 is 0 Å². The van der Waals surface area contributed by atoms with Crippen molar-refractivity contribution in [2.24, 2.45) is 0 Å². The molecule has 2 aliphatic rings. The Morgan fingerprint density at radius 3 is 3.31 bits per heavy atom. The lowest BCUT2D eigenvalue weighted by Crippen LogP contribution is -1.97. The van der Waals surface area contributed by atoms with Gasteiger partial charge in [-0.25, -0.2) is 0 Å². The van der Waals surface area contributed by atoms with E-state index in [1.165, 1.54) is 0 Å². The molecule has 1 aliphatic heterocycles. The maximum absolute atomic E-state index is 5.32. The molecule has 1 saturated heterocycles. The average molecular weight is 178 g/mol. The molecular weight excluding hydrogens is 168 g/mol. The average Bonchev–Trinajstić information content (AvgIpc) is 2.52. The Labute approximate surface area is 76.6 Å². The second-order valence-corrected chi connectivity index (χ2v) is 2.70. The maximum atomic E-state index is 5.32. The van der Waals surface area contributed by atoms with Crippen molar-refractivity contribution in [1.29, 1.82) is 0 Å². The Morgan fingerprint density at radius 2 is 2.46 bits per heavy atom. The summed E-state index contributed by atoms with van der Waals surface area (Å²) in [6, 6.07) is 0. The fourth-order valence-electron chi connectivity index (χ4n) is 1.26. The minimum absolute atomic E-state index is 0.288. The van der Waals surface area contributed by atoms with Crippen LogP contribution in [0, 0.1) is 0 Å². The van der Waals surface area contributed by atoms with Crippen LogP contribution in [0.15, 0.2) is 41.1 Å². The van der Waals surface area contributed by atoms with Crippen molar-refractivity contribution in [3.63, 3.8) is 0 Å². The molecule has 0 radical (unpaired) electrons. The van der Waals surface area contributed by atoms with E-state index in [1.807, 2.05) is 12.2 Å². The lowest BCUT2D eigenvalue weighted by atomic mass is 10.2. The van der Waals surface area contributed by atoms with Gasteiger partial charge in [-0.3, -0.25) is 0 Å². The summed E-state index contributed by atoms with van der Waals surface area (Å²) >= 11 is 0. The first-order chi connectivity index (χ1) is 6.42. The lowest BCUT2D eigenvalue weighted by Gasteiger charge is -2.02. The summed E-state index contributed by atoms with van der Waals surface area (Å²) in [6.45, 7) is 0.799. The molecule has 0 aromatic carbocycles. The summed E-state index contributed by atoms with van der Waals surface area (Å²) in [5, 5.41) is 0. The van der Waals surface area contributed by atoms with Crippen LogP contribution in [-0.4, -0.2) is 20.5 Å². The van der Waals surface area contributed by atoms with Gasteiger partial charge in [-0.2, -0.15) is 0 Å². The predicted molar refractivity (Wildman–Crippen MR) is 46.7 cm³/mol. The Bertz CT molecular complexity index is 330. The van der Waals surface area contributed by atoms with Crippen molar-refractivity contribution in [1.82, 2.24) is 0 Å². The number of methoxy groups -OCH3 is 1. The summed E-state index contributed by atoms with van der Waals surface area (Å²) < 4.78 is 15.6. The van der Waals surface area contributed by atoms with Gasteiger partial charge in [0.25, 0.3) is 0 Å². The van der Waals surface area contributed by atoms with Crippen LogP contribution in [0.3, 0.4) is 0 Å². The van der Waals surface area contributed by atoms with E-state index in [-0.39, 0.29) is 6.79 Å². The zero-order valence-corrected chi connectivity index (χ0v) is 7.37. The zero-order chi connectivity index (χ0) is 9.10. The monoisotopic (exact) mass is 178 g/mol. The van der Waals surface area contributed by atoms with Gasteiger partial charge in [0.1, 0.15) is 0 Å². The minimum Gasteiger partial charge on any atom is -0.454 e. The van der Waals surface area contributed by atoms with Crippen molar-refractivity contribution >= 4 is 0 Å². The van der Waals surface area contributed by atoms with Gasteiger partial charge in [-0.1, -0.05) is 0 Å². The Kier molecular flexibility index (Phi) is 2.21. The van der Waals surface area contributed by atoms with Gasteiger partial charge in [0.15, 0.2) is 11.5 Å². The molecular formula is C10H10O3. The first-order valence-corrected chi connectivity index (χ1v) is 4.02. The summed E-state index contributed by atoms with van der Waals surface area (Å²) in [5.41, 5.74) is 3.94. The summed E-state index contributed by atoms with van der Waals surface area (Å²) in [5.74, 6) is 1.52. The van der Waals surface area contributed by atoms with E-state index < -0.39 is 0 Å². The van der Waals surface area contributed by atoms with Crippen LogP contribution in [0.5, 0.6) is 0 Å². The Hall–Kier alpha value is -1.44. The van der Waals surface area contributed by atoms with E-state index in [4.69, 9.17) is 14.2 Å². The van der Waals surface area contributed by atoms with E-state index in [0.29, 0.717) is 6.61 Å². The molecule has 0 spiro atoms. The van der Waals surface area contributed by atoms with Crippen LogP contribution in [0.25, 0.3) is 0 Å². The van der Waals surface area contributed by atoms with Crippen LogP contribution in [0.4, 0.5) is 0 Å². The van der Waals surface area contributed by atoms with Gasteiger partial charge in [0.2, 0.25) is 6.79 Å². The number of hydrogen-bond donors (Lipinski definition) is 0. The van der Waals surface area contributed by atoms with Crippen molar-refractivity contribution in [3.05, 3.63) is 41.1 Å². The third-order valence-electron chi connectivity index (χ3n) is 1.82. The topological polar surface area (TPSA) is 27.7 Å². The largest absolute Gasteiger partial charge is 0.454 e. The van der Waals surface area contributed by atoms with Crippen molar-refractivity contribution in [3.8, 4) is 0 Å². The number of allylic oxidation sites excluding steroid dienone is 1. The molecule has 68 valence electrons. The van der Waals surface area contributed by atoms with Crippen LogP contribution in [-0.2, 0) is 14.2 Å². The number of fused-ring (bicyclic) bond motifs is 1. The molecule has 0 bridgehead atoms. The summed E-state index contributed by atoms with van der Waals surface area (Å²) in [7, 11) is 1.65. The molecule has 1 fully saturated rings. The second-order valence-electron chi connectivity index (χ2n) is 2.70. The smallest absolute Gasteiger partial charge is 0.231 e. The standard InChI is InChI=1S/C10H10O3/c1-11-6-8-4-2-3-5-9-10(8)13-7-12-9/h3-5H,6-7H2,1H3. The van der Waals surface area contributed by atoms with Crippen LogP contribution in [0.1, 0.15) is 0 Å². The number of ether oxygens (including phenoxy) is 3.